The largest absolute Gasteiger partial charge is 0.395 e. The molecule has 0 aromatic rings. The summed E-state index contributed by atoms with van der Waals surface area (Å²) in [5.74, 6) is 0. The fourth-order valence-electron chi connectivity index (χ4n) is 1.07. The minimum atomic E-state index is 0.201. The molecule has 0 heterocycles. The van der Waals surface area contributed by atoms with Crippen LogP contribution in [-0.4, -0.2) is 23.2 Å². The monoisotopic (exact) mass is 197 g/mol. The van der Waals surface area contributed by atoms with Crippen LogP contribution in [0.3, 0.4) is 0 Å². The van der Waals surface area contributed by atoms with E-state index in [0.717, 1.165) is 12.8 Å². The van der Waals surface area contributed by atoms with Gasteiger partial charge in [-0.2, -0.15) is 0 Å². The zero-order valence-electron chi connectivity index (χ0n) is 9.45. The molecule has 82 valence electrons. The summed E-state index contributed by atoms with van der Waals surface area (Å²) in [7, 11) is 0. The van der Waals surface area contributed by atoms with E-state index < -0.39 is 0 Å². The van der Waals surface area contributed by atoms with Crippen molar-refractivity contribution in [2.75, 3.05) is 13.2 Å². The number of rotatable bonds is 8. The average Bonchev–Trinajstić information content (AvgIpc) is 2.18. The van der Waals surface area contributed by atoms with E-state index in [1.165, 1.54) is 12.8 Å². The van der Waals surface area contributed by atoms with Gasteiger partial charge in [-0.3, -0.25) is 0 Å². The molecule has 0 radical (unpaired) electrons. The van der Waals surface area contributed by atoms with Gasteiger partial charge in [0.1, 0.15) is 0 Å². The van der Waals surface area contributed by atoms with Crippen molar-refractivity contribution in [3.05, 3.63) is 24.6 Å². The van der Waals surface area contributed by atoms with E-state index in [4.69, 9.17) is 5.11 Å². The fraction of sp³-hybridized carbons (Fsp3) is 0.667. The molecule has 14 heavy (non-hydrogen) atoms. The zero-order chi connectivity index (χ0) is 10.6. The number of hydrogen-bond acceptors (Lipinski definition) is 2. The average molecular weight is 197 g/mol. The molecular weight excluding hydrogens is 174 g/mol. The molecule has 0 saturated heterocycles. The van der Waals surface area contributed by atoms with Crippen molar-refractivity contribution in [1.82, 2.24) is 4.90 Å². The SMILES string of the molecule is CCCC=CN(C=CCCC)CCO. The van der Waals surface area contributed by atoms with E-state index in [1.807, 2.05) is 17.3 Å². The molecule has 0 aliphatic heterocycles. The summed E-state index contributed by atoms with van der Waals surface area (Å²) in [5.41, 5.74) is 0. The first kappa shape index (κ1) is 13.2. The number of aliphatic hydroxyl groups is 1. The molecule has 0 spiro atoms. The Bertz CT molecular complexity index is 148. The summed E-state index contributed by atoms with van der Waals surface area (Å²) in [6, 6.07) is 0. The molecule has 0 aromatic heterocycles. The first-order valence-electron chi connectivity index (χ1n) is 5.55. The van der Waals surface area contributed by atoms with Gasteiger partial charge in [0.05, 0.1) is 6.61 Å². The molecule has 0 rings (SSSR count). The quantitative estimate of drug-likeness (QED) is 0.646. The van der Waals surface area contributed by atoms with Crippen LogP contribution in [0.15, 0.2) is 24.6 Å². The van der Waals surface area contributed by atoms with Crippen LogP contribution in [0.2, 0.25) is 0 Å². The van der Waals surface area contributed by atoms with E-state index >= 15 is 0 Å². The molecule has 0 aliphatic carbocycles. The third-order valence-corrected chi connectivity index (χ3v) is 1.86. The highest BCUT2D eigenvalue weighted by Gasteiger charge is 1.90. The number of hydrogen-bond donors (Lipinski definition) is 1. The van der Waals surface area contributed by atoms with Crippen LogP contribution in [-0.2, 0) is 0 Å². The first-order chi connectivity index (χ1) is 6.85. The molecule has 0 aromatic carbocycles. The van der Waals surface area contributed by atoms with Gasteiger partial charge in [-0.25, -0.2) is 0 Å². The van der Waals surface area contributed by atoms with Gasteiger partial charge in [-0.15, -0.1) is 0 Å². The molecular formula is C12H23NO. The normalized spacial score (nSPS) is 11.6. The van der Waals surface area contributed by atoms with E-state index in [9.17, 15) is 0 Å². The highest BCUT2D eigenvalue weighted by Crippen LogP contribution is 1.97. The van der Waals surface area contributed by atoms with Crippen molar-refractivity contribution >= 4 is 0 Å². The maximum Gasteiger partial charge on any atom is 0.0610 e. The van der Waals surface area contributed by atoms with Crippen LogP contribution >= 0.6 is 0 Å². The van der Waals surface area contributed by atoms with E-state index in [1.54, 1.807) is 0 Å². The van der Waals surface area contributed by atoms with Gasteiger partial charge in [0.2, 0.25) is 0 Å². The van der Waals surface area contributed by atoms with E-state index in [2.05, 4.69) is 26.0 Å². The summed E-state index contributed by atoms with van der Waals surface area (Å²) in [4.78, 5) is 2.03. The highest BCUT2D eigenvalue weighted by molar-refractivity contribution is 4.91. The Morgan fingerprint density at radius 1 is 1.00 bits per heavy atom. The fourth-order valence-corrected chi connectivity index (χ4v) is 1.07. The minimum Gasteiger partial charge on any atom is -0.395 e. The van der Waals surface area contributed by atoms with Gasteiger partial charge < -0.3 is 10.0 Å². The number of allylic oxidation sites excluding steroid dienone is 2. The molecule has 0 amide bonds. The van der Waals surface area contributed by atoms with Gasteiger partial charge in [0.25, 0.3) is 0 Å². The molecule has 1 N–H and O–H groups in total. The van der Waals surface area contributed by atoms with Crippen molar-refractivity contribution < 1.29 is 5.11 Å². The lowest BCUT2D eigenvalue weighted by Gasteiger charge is -2.13. The van der Waals surface area contributed by atoms with Crippen LogP contribution in [0.4, 0.5) is 0 Å². The second kappa shape index (κ2) is 10.3. The minimum absolute atomic E-state index is 0.201. The van der Waals surface area contributed by atoms with Crippen LogP contribution < -0.4 is 0 Å². The molecule has 0 atom stereocenters. The summed E-state index contributed by atoms with van der Waals surface area (Å²) in [6.45, 7) is 5.20. The standard InChI is InChI=1S/C12H23NO/c1-3-5-7-9-13(11-12-14)10-8-6-4-2/h7-10,14H,3-6,11-12H2,1-2H3. The summed E-state index contributed by atoms with van der Waals surface area (Å²) >= 11 is 0. The predicted molar refractivity (Wildman–Crippen MR) is 61.9 cm³/mol. The Kier molecular flexibility index (Phi) is 9.76. The number of unbranched alkanes of at least 4 members (excludes halogenated alkanes) is 2. The maximum atomic E-state index is 8.84. The van der Waals surface area contributed by atoms with Crippen molar-refractivity contribution in [3.63, 3.8) is 0 Å². The number of aliphatic hydroxyl groups excluding tert-OH is 1. The van der Waals surface area contributed by atoms with Crippen LogP contribution in [0.25, 0.3) is 0 Å². The highest BCUT2D eigenvalue weighted by atomic mass is 16.3. The van der Waals surface area contributed by atoms with E-state index in [0.29, 0.717) is 6.54 Å². The Labute approximate surface area is 87.9 Å². The molecule has 0 fully saturated rings. The second-order valence-corrected chi connectivity index (χ2v) is 3.31. The van der Waals surface area contributed by atoms with Crippen molar-refractivity contribution in [2.45, 2.75) is 39.5 Å². The summed E-state index contributed by atoms with van der Waals surface area (Å²) in [5, 5.41) is 8.84. The zero-order valence-corrected chi connectivity index (χ0v) is 9.45. The van der Waals surface area contributed by atoms with Gasteiger partial charge in [-0.05, 0) is 25.2 Å². The molecule has 0 unspecified atom stereocenters. The lowest BCUT2D eigenvalue weighted by Crippen LogP contribution is -2.14. The molecule has 0 aliphatic rings. The Hall–Kier alpha value is -0.760. The summed E-state index contributed by atoms with van der Waals surface area (Å²) in [6.07, 6.45) is 12.9. The predicted octanol–water partition coefficient (Wildman–Crippen LogP) is 2.91. The topological polar surface area (TPSA) is 23.5 Å². The van der Waals surface area contributed by atoms with Gasteiger partial charge in [0, 0.05) is 6.54 Å². The molecule has 2 heteroatoms. The van der Waals surface area contributed by atoms with Crippen molar-refractivity contribution in [2.24, 2.45) is 0 Å². The lowest BCUT2D eigenvalue weighted by atomic mass is 10.3. The van der Waals surface area contributed by atoms with Gasteiger partial charge in [-0.1, -0.05) is 38.8 Å². The van der Waals surface area contributed by atoms with E-state index in [-0.39, 0.29) is 6.61 Å². The Morgan fingerprint density at radius 2 is 1.50 bits per heavy atom. The lowest BCUT2D eigenvalue weighted by molar-refractivity contribution is 0.263. The first-order valence-corrected chi connectivity index (χ1v) is 5.55. The van der Waals surface area contributed by atoms with Crippen LogP contribution in [0.5, 0.6) is 0 Å². The molecule has 0 bridgehead atoms. The second-order valence-electron chi connectivity index (χ2n) is 3.31. The van der Waals surface area contributed by atoms with Gasteiger partial charge >= 0.3 is 0 Å². The third kappa shape index (κ3) is 7.87. The van der Waals surface area contributed by atoms with Crippen molar-refractivity contribution in [3.8, 4) is 0 Å². The smallest absolute Gasteiger partial charge is 0.0610 e. The van der Waals surface area contributed by atoms with Gasteiger partial charge in [0.15, 0.2) is 0 Å². The number of nitrogens with zero attached hydrogens (tertiary/aromatic N) is 1. The Morgan fingerprint density at radius 3 is 1.86 bits per heavy atom. The third-order valence-electron chi connectivity index (χ3n) is 1.86. The van der Waals surface area contributed by atoms with Crippen LogP contribution in [0.1, 0.15) is 39.5 Å². The maximum absolute atomic E-state index is 8.84. The van der Waals surface area contributed by atoms with Crippen LogP contribution in [0, 0.1) is 0 Å². The summed E-state index contributed by atoms with van der Waals surface area (Å²) < 4.78 is 0. The molecule has 2 nitrogen and oxygen atoms in total. The Balaban J connectivity index is 3.87. The van der Waals surface area contributed by atoms with Crippen molar-refractivity contribution in [1.29, 1.82) is 0 Å². The molecule has 0 saturated carbocycles.